The van der Waals surface area contributed by atoms with Crippen LogP contribution in [0.4, 0.5) is 8.78 Å². The fraction of sp³-hybridized carbons (Fsp3) is 0.417. The minimum absolute atomic E-state index is 0.0303. The van der Waals surface area contributed by atoms with Gasteiger partial charge in [0.25, 0.3) is 0 Å². The second-order valence-corrected chi connectivity index (χ2v) is 4.24. The lowest BCUT2D eigenvalue weighted by atomic mass is 9.99. The fourth-order valence-corrected chi connectivity index (χ4v) is 1.70. The highest BCUT2D eigenvalue weighted by Gasteiger charge is 2.19. The number of nitrogens with one attached hydrogen (secondary N) is 2. The van der Waals surface area contributed by atoms with E-state index in [1.807, 2.05) is 0 Å². The third kappa shape index (κ3) is 3.23. The summed E-state index contributed by atoms with van der Waals surface area (Å²) in [7, 11) is 0. The van der Waals surface area contributed by atoms with E-state index in [0.717, 1.165) is 31.3 Å². The quantitative estimate of drug-likeness (QED) is 0.830. The second kappa shape index (κ2) is 5.23. The van der Waals surface area contributed by atoms with Gasteiger partial charge in [0, 0.05) is 18.5 Å². The van der Waals surface area contributed by atoms with Crippen LogP contribution in [-0.4, -0.2) is 19.0 Å². The second-order valence-electron chi connectivity index (χ2n) is 4.24. The van der Waals surface area contributed by atoms with Crippen molar-refractivity contribution in [2.75, 3.05) is 13.1 Å². The summed E-state index contributed by atoms with van der Waals surface area (Å²) < 4.78 is 26.1. The number of hydrogen-bond donors (Lipinski definition) is 2. The highest BCUT2D eigenvalue weighted by molar-refractivity contribution is 5.76. The molecule has 0 atom stereocenters. The lowest BCUT2D eigenvalue weighted by molar-refractivity contribution is -0.122. The van der Waals surface area contributed by atoms with Gasteiger partial charge in [-0.15, -0.1) is 0 Å². The number of benzene rings is 1. The number of rotatable bonds is 4. The standard InChI is InChI=1S/C12H14F2N2O/c13-10-1-2-11(14)9(4-10)7-16-12(17)3-8-5-15-6-8/h1-2,4,8,15H,3,5-7H2,(H,16,17). The summed E-state index contributed by atoms with van der Waals surface area (Å²) in [5.41, 5.74) is 0.171. The highest BCUT2D eigenvalue weighted by Crippen LogP contribution is 2.10. The van der Waals surface area contributed by atoms with Crippen LogP contribution in [0, 0.1) is 17.6 Å². The van der Waals surface area contributed by atoms with Gasteiger partial charge in [0.15, 0.2) is 0 Å². The molecule has 5 heteroatoms. The van der Waals surface area contributed by atoms with Gasteiger partial charge in [0.2, 0.25) is 5.91 Å². The average Bonchev–Trinajstić information content (AvgIpc) is 2.25. The molecule has 1 aliphatic rings. The molecule has 0 radical (unpaired) electrons. The Labute approximate surface area is 98.2 Å². The first kappa shape index (κ1) is 12.0. The summed E-state index contributed by atoms with van der Waals surface area (Å²) in [6.07, 6.45) is 0.434. The van der Waals surface area contributed by atoms with E-state index < -0.39 is 11.6 Å². The van der Waals surface area contributed by atoms with Crippen molar-refractivity contribution in [2.24, 2.45) is 5.92 Å². The van der Waals surface area contributed by atoms with E-state index in [-0.39, 0.29) is 18.0 Å². The first-order valence-corrected chi connectivity index (χ1v) is 5.56. The highest BCUT2D eigenvalue weighted by atomic mass is 19.1. The van der Waals surface area contributed by atoms with Crippen LogP contribution in [0.1, 0.15) is 12.0 Å². The van der Waals surface area contributed by atoms with Gasteiger partial charge in [-0.2, -0.15) is 0 Å². The van der Waals surface area contributed by atoms with Gasteiger partial charge >= 0.3 is 0 Å². The van der Waals surface area contributed by atoms with E-state index in [2.05, 4.69) is 10.6 Å². The molecule has 0 saturated carbocycles. The topological polar surface area (TPSA) is 41.1 Å². The van der Waals surface area contributed by atoms with Gasteiger partial charge in [0.1, 0.15) is 11.6 Å². The minimum atomic E-state index is -0.503. The summed E-state index contributed by atoms with van der Waals surface area (Å²) in [6.45, 7) is 1.73. The van der Waals surface area contributed by atoms with Crippen LogP contribution in [-0.2, 0) is 11.3 Å². The molecule has 17 heavy (non-hydrogen) atoms. The lowest BCUT2D eigenvalue weighted by Crippen LogP contribution is -2.44. The molecule has 1 saturated heterocycles. The van der Waals surface area contributed by atoms with Crippen molar-refractivity contribution in [1.82, 2.24) is 10.6 Å². The number of hydrogen-bond acceptors (Lipinski definition) is 2. The predicted molar refractivity (Wildman–Crippen MR) is 59.2 cm³/mol. The van der Waals surface area contributed by atoms with Crippen molar-refractivity contribution in [3.63, 3.8) is 0 Å². The van der Waals surface area contributed by atoms with E-state index >= 15 is 0 Å². The molecule has 0 aliphatic carbocycles. The first-order chi connectivity index (χ1) is 8.15. The van der Waals surface area contributed by atoms with Crippen molar-refractivity contribution in [3.05, 3.63) is 35.4 Å². The van der Waals surface area contributed by atoms with Crippen LogP contribution >= 0.6 is 0 Å². The molecule has 2 N–H and O–H groups in total. The number of halogens is 2. The summed E-state index contributed by atoms with van der Waals surface area (Å²) in [4.78, 5) is 11.5. The smallest absolute Gasteiger partial charge is 0.220 e. The van der Waals surface area contributed by atoms with Gasteiger partial charge in [-0.05, 0) is 37.2 Å². The van der Waals surface area contributed by atoms with Crippen LogP contribution < -0.4 is 10.6 Å². The van der Waals surface area contributed by atoms with Crippen LogP contribution in [0.15, 0.2) is 18.2 Å². The summed E-state index contributed by atoms with van der Waals surface area (Å²) >= 11 is 0. The Morgan fingerprint density at radius 1 is 1.41 bits per heavy atom. The molecular formula is C12H14F2N2O. The SMILES string of the molecule is O=C(CC1CNC1)NCc1cc(F)ccc1F. The third-order valence-corrected chi connectivity index (χ3v) is 2.82. The van der Waals surface area contributed by atoms with Crippen molar-refractivity contribution < 1.29 is 13.6 Å². The molecule has 1 aliphatic heterocycles. The maximum absolute atomic E-state index is 13.2. The average molecular weight is 240 g/mol. The third-order valence-electron chi connectivity index (χ3n) is 2.82. The Kier molecular flexibility index (Phi) is 3.68. The summed E-state index contributed by atoms with van der Waals surface area (Å²) in [6, 6.07) is 3.22. The maximum Gasteiger partial charge on any atom is 0.220 e. The van der Waals surface area contributed by atoms with Crippen molar-refractivity contribution in [1.29, 1.82) is 0 Å². The summed E-state index contributed by atoms with van der Waals surface area (Å²) in [5, 5.41) is 5.66. The summed E-state index contributed by atoms with van der Waals surface area (Å²) in [5.74, 6) is -0.761. The van der Waals surface area contributed by atoms with Gasteiger partial charge in [-0.25, -0.2) is 8.78 Å². The largest absolute Gasteiger partial charge is 0.352 e. The first-order valence-electron chi connectivity index (χ1n) is 5.56. The van der Waals surface area contributed by atoms with Gasteiger partial charge < -0.3 is 10.6 Å². The molecule has 0 aromatic heterocycles. The molecular weight excluding hydrogens is 226 g/mol. The molecule has 2 rings (SSSR count). The van der Waals surface area contributed by atoms with E-state index in [0.29, 0.717) is 12.3 Å². The van der Waals surface area contributed by atoms with Gasteiger partial charge in [0.05, 0.1) is 0 Å². The van der Waals surface area contributed by atoms with E-state index in [1.54, 1.807) is 0 Å². The predicted octanol–water partition coefficient (Wildman–Crippen LogP) is 1.19. The van der Waals surface area contributed by atoms with E-state index in [1.165, 1.54) is 0 Å². The zero-order valence-electron chi connectivity index (χ0n) is 9.30. The molecule has 0 spiro atoms. The molecule has 1 aromatic carbocycles. The van der Waals surface area contributed by atoms with E-state index in [4.69, 9.17) is 0 Å². The van der Waals surface area contributed by atoms with Crippen LogP contribution in [0.25, 0.3) is 0 Å². The molecule has 0 unspecified atom stereocenters. The minimum Gasteiger partial charge on any atom is -0.352 e. The Bertz CT molecular complexity index is 419. The van der Waals surface area contributed by atoms with Crippen LogP contribution in [0.3, 0.4) is 0 Å². The van der Waals surface area contributed by atoms with Crippen molar-refractivity contribution in [3.8, 4) is 0 Å². The zero-order chi connectivity index (χ0) is 12.3. The lowest BCUT2D eigenvalue weighted by Gasteiger charge is -2.26. The Morgan fingerprint density at radius 2 is 2.18 bits per heavy atom. The molecule has 0 bridgehead atoms. The molecule has 92 valence electrons. The Morgan fingerprint density at radius 3 is 2.82 bits per heavy atom. The normalized spacial score (nSPS) is 15.4. The molecule has 3 nitrogen and oxygen atoms in total. The molecule has 1 amide bonds. The monoisotopic (exact) mass is 240 g/mol. The van der Waals surface area contributed by atoms with Crippen molar-refractivity contribution in [2.45, 2.75) is 13.0 Å². The van der Waals surface area contributed by atoms with Gasteiger partial charge in [-0.3, -0.25) is 4.79 Å². The molecule has 1 fully saturated rings. The number of carbonyl (C=O) groups is 1. The Hall–Kier alpha value is -1.49. The number of carbonyl (C=O) groups excluding carboxylic acids is 1. The zero-order valence-corrected chi connectivity index (χ0v) is 9.30. The Balaban J connectivity index is 1.83. The van der Waals surface area contributed by atoms with Crippen LogP contribution in [0.2, 0.25) is 0 Å². The molecule has 1 aromatic rings. The van der Waals surface area contributed by atoms with Crippen LogP contribution in [0.5, 0.6) is 0 Å². The molecule has 1 heterocycles. The van der Waals surface area contributed by atoms with E-state index in [9.17, 15) is 13.6 Å². The van der Waals surface area contributed by atoms with Crippen molar-refractivity contribution >= 4 is 5.91 Å². The fourth-order valence-electron chi connectivity index (χ4n) is 1.70. The van der Waals surface area contributed by atoms with Gasteiger partial charge in [-0.1, -0.05) is 0 Å². The maximum atomic E-state index is 13.2. The number of amides is 1.